The number of rotatable bonds is 13. The smallest absolute Gasteiger partial charge is 0.305 e. The summed E-state index contributed by atoms with van der Waals surface area (Å²) in [5, 5.41) is 2.48. The predicted molar refractivity (Wildman–Crippen MR) is 203 cm³/mol. The maximum absolute atomic E-state index is 16.3. The number of nitrogens with one attached hydrogen (secondary N) is 1. The second kappa shape index (κ2) is 15.9. The van der Waals surface area contributed by atoms with Gasteiger partial charge in [0, 0.05) is 37.5 Å². The molecule has 4 fully saturated rings. The van der Waals surface area contributed by atoms with E-state index >= 15 is 13.2 Å². The van der Waals surface area contributed by atoms with Gasteiger partial charge in [0.25, 0.3) is 5.91 Å². The predicted octanol–water partition coefficient (Wildman–Crippen LogP) is 6.02. The quantitative estimate of drug-likeness (QED) is 0.211. The van der Waals surface area contributed by atoms with Gasteiger partial charge >= 0.3 is 5.97 Å². The Morgan fingerprint density at radius 2 is 1.60 bits per heavy atom. The number of ether oxygens (including phenoxy) is 1. The Labute approximate surface area is 322 Å². The zero-order valence-corrected chi connectivity index (χ0v) is 32.4. The highest BCUT2D eigenvalue weighted by Crippen LogP contribution is 2.54. The molecule has 3 heterocycles. The molecular weight excluding hydrogens is 730 g/mol. The summed E-state index contributed by atoms with van der Waals surface area (Å²) in [6.45, 7) is 4.31. The number of piperidine rings is 1. The number of nitrogens with zero attached hydrogens (tertiary/aromatic N) is 3. The normalized spacial score (nSPS) is 23.0. The van der Waals surface area contributed by atoms with Crippen molar-refractivity contribution in [1.29, 1.82) is 0 Å². The van der Waals surface area contributed by atoms with E-state index in [0.717, 1.165) is 69.8 Å². The molecule has 1 saturated carbocycles. The summed E-state index contributed by atoms with van der Waals surface area (Å²) in [6, 6.07) is 16.1. The lowest BCUT2D eigenvalue weighted by molar-refractivity contribution is -0.142. The van der Waals surface area contributed by atoms with Gasteiger partial charge in [-0.05, 0) is 136 Å². The van der Waals surface area contributed by atoms with Crippen LogP contribution in [-0.2, 0) is 24.8 Å². The molecule has 296 valence electrons. The Morgan fingerprint density at radius 3 is 2.22 bits per heavy atom. The molecule has 3 aromatic rings. The van der Waals surface area contributed by atoms with E-state index < -0.39 is 21.3 Å². The summed E-state index contributed by atoms with van der Waals surface area (Å²) < 4.78 is 78.3. The minimum absolute atomic E-state index is 0.0175. The van der Waals surface area contributed by atoms with E-state index in [1.807, 2.05) is 0 Å². The SMILES string of the molecule is CNC(=O)c1ccc(S(=O)(=O)c2ccc(N3CC(F)(CN4CCC([C@@](CN5CCC5)(c5cccc(F)c5)[C@H]5CCC[C@@H]5CC(=O)OC)CC4)C3)c(F)c2)cc1. The van der Waals surface area contributed by atoms with E-state index in [9.17, 15) is 18.0 Å². The van der Waals surface area contributed by atoms with Crippen LogP contribution in [0.4, 0.5) is 18.9 Å². The molecule has 13 heteroatoms. The number of anilines is 1. The number of esters is 1. The van der Waals surface area contributed by atoms with Gasteiger partial charge in [-0.3, -0.25) is 14.5 Å². The van der Waals surface area contributed by atoms with Crippen molar-refractivity contribution in [1.82, 2.24) is 15.1 Å². The van der Waals surface area contributed by atoms with Gasteiger partial charge in [0.05, 0.1) is 35.7 Å². The second-order valence-electron chi connectivity index (χ2n) is 16.0. The van der Waals surface area contributed by atoms with E-state index in [1.54, 1.807) is 17.0 Å². The third-order valence-electron chi connectivity index (χ3n) is 12.8. The molecule has 3 saturated heterocycles. The Bertz CT molecular complexity index is 1980. The van der Waals surface area contributed by atoms with Crippen LogP contribution in [-0.4, -0.2) is 102 Å². The lowest BCUT2D eigenvalue weighted by Crippen LogP contribution is -2.65. The lowest BCUT2D eigenvalue weighted by atomic mass is 9.56. The topological polar surface area (TPSA) is 99.3 Å². The van der Waals surface area contributed by atoms with Crippen molar-refractivity contribution in [2.45, 2.75) is 65.8 Å². The van der Waals surface area contributed by atoms with Crippen LogP contribution in [0.2, 0.25) is 0 Å². The highest BCUT2D eigenvalue weighted by atomic mass is 32.2. The van der Waals surface area contributed by atoms with Crippen LogP contribution in [0.15, 0.2) is 76.5 Å². The molecule has 0 bridgehead atoms. The van der Waals surface area contributed by atoms with E-state index in [4.69, 9.17) is 4.74 Å². The van der Waals surface area contributed by atoms with Crippen molar-refractivity contribution >= 4 is 27.4 Å². The Hall–Kier alpha value is -3.94. The summed E-state index contributed by atoms with van der Waals surface area (Å²) in [5.41, 5.74) is -0.490. The van der Waals surface area contributed by atoms with Crippen molar-refractivity contribution in [3.8, 4) is 0 Å². The van der Waals surface area contributed by atoms with Gasteiger partial charge in [-0.1, -0.05) is 18.6 Å². The molecule has 7 rings (SSSR count). The molecule has 4 aliphatic rings. The average Bonchev–Trinajstić information content (AvgIpc) is 3.62. The molecule has 1 aliphatic carbocycles. The summed E-state index contributed by atoms with van der Waals surface area (Å²) >= 11 is 0. The third-order valence-corrected chi connectivity index (χ3v) is 14.5. The maximum Gasteiger partial charge on any atom is 0.305 e. The van der Waals surface area contributed by atoms with Crippen molar-refractivity contribution in [3.63, 3.8) is 0 Å². The molecule has 3 aliphatic heterocycles. The number of alkyl halides is 1. The number of methoxy groups -OCH3 is 1. The van der Waals surface area contributed by atoms with Gasteiger partial charge in [0.15, 0.2) is 5.67 Å². The largest absolute Gasteiger partial charge is 0.469 e. The van der Waals surface area contributed by atoms with E-state index in [-0.39, 0.29) is 76.0 Å². The molecule has 0 unspecified atom stereocenters. The fourth-order valence-corrected chi connectivity index (χ4v) is 11.2. The van der Waals surface area contributed by atoms with E-state index in [2.05, 4.69) is 21.2 Å². The van der Waals surface area contributed by atoms with Crippen LogP contribution in [0.3, 0.4) is 0 Å². The number of sulfone groups is 1. The fourth-order valence-electron chi connectivity index (χ4n) is 9.93. The number of hydrogen-bond acceptors (Lipinski definition) is 8. The van der Waals surface area contributed by atoms with Gasteiger partial charge in [-0.2, -0.15) is 0 Å². The van der Waals surface area contributed by atoms with Gasteiger partial charge in [0.1, 0.15) is 11.6 Å². The Morgan fingerprint density at radius 1 is 0.891 bits per heavy atom. The highest BCUT2D eigenvalue weighted by Gasteiger charge is 2.53. The second-order valence-corrected chi connectivity index (χ2v) is 18.0. The summed E-state index contributed by atoms with van der Waals surface area (Å²) in [7, 11) is -1.15. The third kappa shape index (κ3) is 7.89. The molecule has 0 aromatic heterocycles. The number of carbonyl (C=O) groups excluding carboxylic acids is 2. The van der Waals surface area contributed by atoms with Gasteiger partial charge < -0.3 is 19.9 Å². The first kappa shape index (κ1) is 39.3. The minimum Gasteiger partial charge on any atom is -0.469 e. The molecule has 1 N–H and O–H groups in total. The molecule has 9 nitrogen and oxygen atoms in total. The number of amides is 1. The van der Waals surface area contributed by atoms with Crippen molar-refractivity contribution in [2.24, 2.45) is 17.8 Å². The Kier molecular flexibility index (Phi) is 11.4. The monoisotopic (exact) mass is 780 g/mol. The molecule has 0 spiro atoms. The number of likely N-dealkylation sites (tertiary alicyclic amines) is 2. The van der Waals surface area contributed by atoms with Crippen LogP contribution in [0.1, 0.15) is 60.9 Å². The molecule has 3 atom stereocenters. The summed E-state index contributed by atoms with van der Waals surface area (Å²) in [4.78, 5) is 30.4. The maximum atomic E-state index is 16.3. The number of hydrogen-bond donors (Lipinski definition) is 1. The van der Waals surface area contributed by atoms with Crippen molar-refractivity contribution < 1.29 is 35.9 Å². The summed E-state index contributed by atoms with van der Waals surface area (Å²) in [6.07, 6.45) is 6.01. The first-order valence-corrected chi connectivity index (χ1v) is 20.9. The zero-order valence-electron chi connectivity index (χ0n) is 31.6. The average molecular weight is 781 g/mol. The minimum atomic E-state index is -4.05. The lowest BCUT2D eigenvalue weighted by Gasteiger charge is -2.54. The summed E-state index contributed by atoms with van der Waals surface area (Å²) in [5.74, 6) is -1.04. The Balaban J connectivity index is 1.03. The molecule has 55 heavy (non-hydrogen) atoms. The molecule has 1 amide bonds. The standard InChI is InChI=1S/C42H51F3N4O5S/c1-46-40(51)29-10-12-34(13-11-29)55(52,53)35-14-15-38(37(44)24-35)49-26-41(45,27-49)25-48-20-16-31(17-21-48)42(28-47-18-5-19-47,32-7-4-8-33(43)23-32)36-9-3-6-30(36)22-39(50)54-2/h4,7-8,10-15,23-24,30-31,36H,3,5-6,9,16-22,25-28H2,1-2H3,(H,46,51)/t30-,36+,42+/m1/s1. The fraction of sp³-hybridized carbons (Fsp3) is 0.524. The van der Waals surface area contributed by atoms with Crippen molar-refractivity contribution in [3.05, 3.63) is 89.5 Å². The number of benzene rings is 3. The van der Waals surface area contributed by atoms with Gasteiger partial charge in [-0.25, -0.2) is 21.6 Å². The zero-order chi connectivity index (χ0) is 39.0. The molecule has 0 radical (unpaired) electrons. The molecular formula is C42H51F3N4O5S. The van der Waals surface area contributed by atoms with E-state index in [1.165, 1.54) is 56.6 Å². The van der Waals surface area contributed by atoms with Gasteiger partial charge in [0.2, 0.25) is 9.84 Å². The van der Waals surface area contributed by atoms with Crippen LogP contribution in [0.5, 0.6) is 0 Å². The van der Waals surface area contributed by atoms with Crippen molar-refractivity contribution in [2.75, 3.05) is 71.4 Å². The van der Waals surface area contributed by atoms with Crippen LogP contribution in [0.25, 0.3) is 0 Å². The first-order valence-electron chi connectivity index (χ1n) is 19.4. The van der Waals surface area contributed by atoms with Crippen LogP contribution >= 0.6 is 0 Å². The van der Waals surface area contributed by atoms with Gasteiger partial charge in [-0.15, -0.1) is 0 Å². The molecule has 3 aromatic carbocycles. The number of halogens is 3. The van der Waals surface area contributed by atoms with Crippen LogP contribution < -0.4 is 10.2 Å². The van der Waals surface area contributed by atoms with E-state index in [0.29, 0.717) is 25.1 Å². The number of carbonyl (C=O) groups is 2. The van der Waals surface area contributed by atoms with Crippen LogP contribution in [0, 0.1) is 29.4 Å². The first-order chi connectivity index (χ1) is 26.3. The highest BCUT2D eigenvalue weighted by molar-refractivity contribution is 7.91.